The van der Waals surface area contributed by atoms with Gasteiger partial charge < -0.3 is 15.6 Å². The number of hydrogen-bond acceptors (Lipinski definition) is 4. The largest absolute Gasteiger partial charge is 0.398 e. The minimum atomic E-state index is -0.0546. The summed E-state index contributed by atoms with van der Waals surface area (Å²) in [6.45, 7) is 3.00. The standard InChI is InChI=1S/C29H25N5/c1-2-34-25-16-6-5-14-23(25)33-29(34)20-11-9-10-19(18-20)28-26(24-15-7-8-17-31-24)27(30)21-12-3-4-13-22(21)32-28/h3-18,24,31H,2H2,1H3,(H2,30,32)/t24-/m0/s1. The van der Waals surface area contributed by atoms with Crippen molar-refractivity contribution in [1.29, 1.82) is 0 Å². The van der Waals surface area contributed by atoms with E-state index in [2.05, 4.69) is 65.3 Å². The SMILES string of the molecule is CCn1c(-c2cccc(-c3nc4ccccc4c(N)c3[C@@H]3C=CC=CN3)c2)nc2ccccc21. The van der Waals surface area contributed by atoms with Crippen molar-refractivity contribution in [2.75, 3.05) is 5.73 Å². The smallest absolute Gasteiger partial charge is 0.141 e. The monoisotopic (exact) mass is 443 g/mol. The predicted molar refractivity (Wildman–Crippen MR) is 140 cm³/mol. The summed E-state index contributed by atoms with van der Waals surface area (Å²) in [6.07, 6.45) is 8.09. The van der Waals surface area contributed by atoms with Gasteiger partial charge in [0.1, 0.15) is 5.82 Å². The fourth-order valence-corrected chi connectivity index (χ4v) is 4.83. The van der Waals surface area contributed by atoms with Crippen molar-refractivity contribution in [3.63, 3.8) is 0 Å². The van der Waals surface area contributed by atoms with Gasteiger partial charge in [-0.2, -0.15) is 0 Å². The quantitative estimate of drug-likeness (QED) is 0.345. The number of rotatable bonds is 4. The van der Waals surface area contributed by atoms with Gasteiger partial charge in [-0.15, -0.1) is 0 Å². The Balaban J connectivity index is 1.57. The number of allylic oxidation sites excluding steroid dienone is 2. The van der Waals surface area contributed by atoms with Crippen molar-refractivity contribution in [2.24, 2.45) is 0 Å². The molecule has 1 atom stereocenters. The minimum Gasteiger partial charge on any atom is -0.398 e. The van der Waals surface area contributed by atoms with E-state index in [0.29, 0.717) is 0 Å². The molecule has 3 N–H and O–H groups in total. The first-order valence-corrected chi connectivity index (χ1v) is 11.6. The van der Waals surface area contributed by atoms with Crippen LogP contribution in [-0.2, 0) is 6.54 Å². The molecule has 0 amide bonds. The number of nitrogens with one attached hydrogen (secondary N) is 1. The highest BCUT2D eigenvalue weighted by Crippen LogP contribution is 2.38. The van der Waals surface area contributed by atoms with Gasteiger partial charge in [0.2, 0.25) is 0 Å². The number of para-hydroxylation sites is 3. The third-order valence-corrected chi connectivity index (χ3v) is 6.43. The van der Waals surface area contributed by atoms with Crippen LogP contribution in [0.25, 0.3) is 44.6 Å². The van der Waals surface area contributed by atoms with Crippen molar-refractivity contribution in [2.45, 2.75) is 19.5 Å². The maximum absolute atomic E-state index is 6.78. The van der Waals surface area contributed by atoms with E-state index in [1.807, 2.05) is 48.7 Å². The Kier molecular flexibility index (Phi) is 4.88. The maximum Gasteiger partial charge on any atom is 0.141 e. The van der Waals surface area contributed by atoms with Gasteiger partial charge in [0.15, 0.2) is 0 Å². The zero-order chi connectivity index (χ0) is 23.1. The van der Waals surface area contributed by atoms with Crippen molar-refractivity contribution < 1.29 is 0 Å². The number of fused-ring (bicyclic) bond motifs is 2. The lowest BCUT2D eigenvalue weighted by Crippen LogP contribution is -2.18. The Bertz CT molecular complexity index is 1590. The van der Waals surface area contributed by atoms with E-state index in [1.165, 1.54) is 0 Å². The number of imidazole rings is 1. The first kappa shape index (κ1) is 20.2. The number of aryl methyl sites for hydroxylation is 1. The van der Waals surface area contributed by atoms with E-state index in [1.54, 1.807) is 0 Å². The Labute approximate surface area is 198 Å². The fraction of sp³-hybridized carbons (Fsp3) is 0.103. The summed E-state index contributed by atoms with van der Waals surface area (Å²) in [5, 5.41) is 4.40. The average molecular weight is 444 g/mol. The highest BCUT2D eigenvalue weighted by atomic mass is 15.1. The molecule has 0 fully saturated rings. The molecule has 0 aliphatic carbocycles. The van der Waals surface area contributed by atoms with Gasteiger partial charge in [0, 0.05) is 34.3 Å². The number of nitrogens with two attached hydrogens (primary N) is 1. The van der Waals surface area contributed by atoms with Gasteiger partial charge in [-0.1, -0.05) is 60.7 Å². The van der Waals surface area contributed by atoms with Crippen molar-refractivity contribution in [3.05, 3.63) is 103 Å². The van der Waals surface area contributed by atoms with Crippen LogP contribution in [-0.4, -0.2) is 14.5 Å². The molecular weight excluding hydrogens is 418 g/mol. The Morgan fingerprint density at radius 3 is 2.50 bits per heavy atom. The minimum absolute atomic E-state index is 0.0546. The lowest BCUT2D eigenvalue weighted by Gasteiger charge is -2.22. The van der Waals surface area contributed by atoms with Crippen molar-refractivity contribution in [3.8, 4) is 22.6 Å². The van der Waals surface area contributed by atoms with Gasteiger partial charge in [-0.25, -0.2) is 9.97 Å². The summed E-state index contributed by atoms with van der Waals surface area (Å²) in [5.41, 5.74) is 14.5. The lowest BCUT2D eigenvalue weighted by atomic mass is 9.94. The first-order valence-electron chi connectivity index (χ1n) is 11.6. The van der Waals surface area contributed by atoms with Crippen LogP contribution < -0.4 is 11.1 Å². The van der Waals surface area contributed by atoms with Gasteiger partial charge in [0.05, 0.1) is 28.3 Å². The van der Waals surface area contributed by atoms with E-state index in [0.717, 1.165) is 62.4 Å². The molecule has 1 aliphatic heterocycles. The number of pyridine rings is 1. The second-order valence-corrected chi connectivity index (χ2v) is 8.44. The van der Waals surface area contributed by atoms with E-state index in [-0.39, 0.29) is 6.04 Å². The van der Waals surface area contributed by atoms with Gasteiger partial charge in [0.25, 0.3) is 0 Å². The molecule has 34 heavy (non-hydrogen) atoms. The van der Waals surface area contributed by atoms with Crippen LogP contribution in [0.5, 0.6) is 0 Å². The third-order valence-electron chi connectivity index (χ3n) is 6.43. The lowest BCUT2D eigenvalue weighted by molar-refractivity contribution is 0.748. The van der Waals surface area contributed by atoms with Crippen LogP contribution in [0.1, 0.15) is 18.5 Å². The number of aromatic nitrogens is 3. The van der Waals surface area contributed by atoms with Crippen molar-refractivity contribution in [1.82, 2.24) is 19.9 Å². The molecule has 5 nitrogen and oxygen atoms in total. The molecule has 6 rings (SSSR count). The molecular formula is C29H25N5. The number of benzene rings is 3. The molecule has 0 unspecified atom stereocenters. The summed E-state index contributed by atoms with van der Waals surface area (Å²) < 4.78 is 2.26. The van der Waals surface area contributed by atoms with Crippen LogP contribution in [0.2, 0.25) is 0 Å². The molecule has 3 aromatic carbocycles. The van der Waals surface area contributed by atoms with E-state index in [4.69, 9.17) is 15.7 Å². The average Bonchev–Trinajstić information content (AvgIpc) is 3.28. The van der Waals surface area contributed by atoms with E-state index < -0.39 is 0 Å². The van der Waals surface area contributed by atoms with Gasteiger partial charge >= 0.3 is 0 Å². The molecule has 3 heterocycles. The molecule has 166 valence electrons. The molecule has 0 radical (unpaired) electrons. The van der Waals surface area contributed by atoms with E-state index in [9.17, 15) is 0 Å². The number of nitrogen functional groups attached to an aromatic ring is 1. The predicted octanol–water partition coefficient (Wildman–Crippen LogP) is 6.23. The summed E-state index contributed by atoms with van der Waals surface area (Å²) in [4.78, 5) is 10.0. The first-order chi connectivity index (χ1) is 16.7. The van der Waals surface area contributed by atoms with Crippen LogP contribution >= 0.6 is 0 Å². The zero-order valence-electron chi connectivity index (χ0n) is 18.9. The Morgan fingerprint density at radius 1 is 0.882 bits per heavy atom. The van der Waals surface area contributed by atoms with E-state index >= 15 is 0 Å². The van der Waals surface area contributed by atoms with Crippen LogP contribution in [0.15, 0.2) is 97.2 Å². The highest BCUT2D eigenvalue weighted by Gasteiger charge is 2.22. The Hall–Kier alpha value is -4.38. The topological polar surface area (TPSA) is 68.8 Å². The second-order valence-electron chi connectivity index (χ2n) is 8.44. The Morgan fingerprint density at radius 2 is 1.68 bits per heavy atom. The third kappa shape index (κ3) is 3.25. The summed E-state index contributed by atoms with van der Waals surface area (Å²) >= 11 is 0. The van der Waals surface area contributed by atoms with Crippen LogP contribution in [0, 0.1) is 0 Å². The fourth-order valence-electron chi connectivity index (χ4n) is 4.83. The van der Waals surface area contributed by atoms with Gasteiger partial charge in [-0.3, -0.25) is 0 Å². The molecule has 5 heteroatoms. The molecule has 0 bridgehead atoms. The number of nitrogens with zero attached hydrogens (tertiary/aromatic N) is 3. The van der Waals surface area contributed by atoms with Gasteiger partial charge in [-0.05, 0) is 43.5 Å². The molecule has 5 aromatic rings. The van der Waals surface area contributed by atoms with Crippen molar-refractivity contribution >= 4 is 27.6 Å². The molecule has 0 saturated carbocycles. The second kappa shape index (κ2) is 8.19. The van der Waals surface area contributed by atoms with Crippen LogP contribution in [0.3, 0.4) is 0 Å². The normalized spacial score (nSPS) is 15.1. The number of hydrogen-bond donors (Lipinski definition) is 2. The van der Waals surface area contributed by atoms with Crippen LogP contribution in [0.4, 0.5) is 5.69 Å². The molecule has 2 aromatic heterocycles. The highest BCUT2D eigenvalue weighted by molar-refractivity contribution is 5.96. The number of dihydropyridines is 1. The zero-order valence-corrected chi connectivity index (χ0v) is 18.9. The molecule has 0 spiro atoms. The molecule has 0 saturated heterocycles. The maximum atomic E-state index is 6.78. The number of anilines is 1. The summed E-state index contributed by atoms with van der Waals surface area (Å²) in [6, 6.07) is 24.7. The molecule has 1 aliphatic rings. The summed E-state index contributed by atoms with van der Waals surface area (Å²) in [7, 11) is 0. The summed E-state index contributed by atoms with van der Waals surface area (Å²) in [5.74, 6) is 0.958.